The number of rotatable bonds is 12. The molecule has 3 aromatic carbocycles. The van der Waals surface area contributed by atoms with E-state index in [9.17, 15) is 18.7 Å². The zero-order valence-corrected chi connectivity index (χ0v) is 28.4. The van der Waals surface area contributed by atoms with Crippen LogP contribution in [0, 0.1) is 11.6 Å². The van der Waals surface area contributed by atoms with Crippen molar-refractivity contribution in [2.45, 2.75) is 50.8 Å². The molecule has 1 N–H and O–H groups in total. The van der Waals surface area contributed by atoms with Gasteiger partial charge < -0.3 is 29.1 Å². The number of hydrogen-bond donors (Lipinski definition) is 1. The van der Waals surface area contributed by atoms with Crippen molar-refractivity contribution in [1.29, 1.82) is 0 Å². The fourth-order valence-electron chi connectivity index (χ4n) is 6.71. The van der Waals surface area contributed by atoms with E-state index in [1.54, 1.807) is 6.92 Å². The molecule has 4 atom stereocenters. The molecule has 0 radical (unpaired) electrons. The van der Waals surface area contributed by atoms with E-state index in [1.807, 2.05) is 55.5 Å². The minimum atomic E-state index is -1.52. The Morgan fingerprint density at radius 3 is 2.22 bits per heavy atom. The lowest BCUT2D eigenvalue weighted by Crippen LogP contribution is -2.46. The van der Waals surface area contributed by atoms with Crippen molar-refractivity contribution in [1.82, 2.24) is 29.1 Å². The maximum absolute atomic E-state index is 14.9. The summed E-state index contributed by atoms with van der Waals surface area (Å²) in [4.78, 5) is 21.6. The van der Waals surface area contributed by atoms with E-state index in [4.69, 9.17) is 14.2 Å². The van der Waals surface area contributed by atoms with Crippen LogP contribution in [0.1, 0.15) is 31.9 Å². The first kappa shape index (κ1) is 34.3. The Kier molecular flexibility index (Phi) is 9.84. The van der Waals surface area contributed by atoms with Gasteiger partial charge in [-0.25, -0.2) is 32.5 Å². The lowest BCUT2D eigenvalue weighted by Gasteiger charge is -2.37. The van der Waals surface area contributed by atoms with Crippen molar-refractivity contribution in [2.24, 2.45) is 0 Å². The number of aliphatic hydroxyl groups is 1. The van der Waals surface area contributed by atoms with Crippen LogP contribution in [0.4, 0.5) is 20.2 Å². The average Bonchev–Trinajstić information content (AvgIpc) is 3.90. The Labute approximate surface area is 293 Å². The highest BCUT2D eigenvalue weighted by atomic mass is 19.1. The Bertz CT molecular complexity index is 1960. The quantitative estimate of drug-likeness (QED) is 0.205. The fourth-order valence-corrected chi connectivity index (χ4v) is 6.71. The van der Waals surface area contributed by atoms with E-state index < -0.39 is 29.6 Å². The van der Waals surface area contributed by atoms with Gasteiger partial charge >= 0.3 is 5.69 Å². The number of aliphatic hydroxyl groups excluding tert-OH is 1. The molecular weight excluding hydrogens is 662 g/mol. The van der Waals surface area contributed by atoms with Crippen LogP contribution >= 0.6 is 0 Å². The molecule has 15 heteroatoms. The van der Waals surface area contributed by atoms with E-state index in [0.717, 1.165) is 49.3 Å². The first-order valence-electron chi connectivity index (χ1n) is 17.0. The molecule has 51 heavy (non-hydrogen) atoms. The standard InChI is InChI=1S/C36H40F2N8O5/c1-3-34(25(2)47)46-35(48)45(24-41-46)29-7-5-27(6-8-29)42-14-16-43(17-15-42)28-9-11-30(12-10-28)49-19-31-20-50-36(51-31,21-44-23-39-22-40-44)32-13-4-26(37)18-33(32)38/h4-13,18,22-25,31,34,47H,3,14-17,19-21H2,1-2H3/t25-,31+,34?,36+/m0/s1. The van der Waals surface area contributed by atoms with Gasteiger partial charge in [0.15, 0.2) is 0 Å². The van der Waals surface area contributed by atoms with Crippen LogP contribution in [0.2, 0.25) is 0 Å². The molecule has 0 amide bonds. The molecule has 2 aliphatic rings. The second-order valence-corrected chi connectivity index (χ2v) is 12.8. The van der Waals surface area contributed by atoms with Gasteiger partial charge in [0.05, 0.1) is 24.4 Å². The zero-order chi connectivity index (χ0) is 35.5. The smallest absolute Gasteiger partial charge is 0.350 e. The Morgan fingerprint density at radius 1 is 0.941 bits per heavy atom. The van der Waals surface area contributed by atoms with Crippen LogP contribution in [0.3, 0.4) is 0 Å². The maximum atomic E-state index is 14.9. The summed E-state index contributed by atoms with van der Waals surface area (Å²) in [7, 11) is 0. The van der Waals surface area contributed by atoms with E-state index in [0.29, 0.717) is 12.2 Å². The van der Waals surface area contributed by atoms with Crippen molar-refractivity contribution in [2.75, 3.05) is 49.2 Å². The molecule has 13 nitrogen and oxygen atoms in total. The number of anilines is 2. The molecule has 2 aromatic heterocycles. The lowest BCUT2D eigenvalue weighted by molar-refractivity contribution is -0.192. The molecule has 0 saturated carbocycles. The third-order valence-corrected chi connectivity index (χ3v) is 9.43. The van der Waals surface area contributed by atoms with E-state index >= 15 is 0 Å². The van der Waals surface area contributed by atoms with Crippen LogP contribution in [-0.4, -0.2) is 85.8 Å². The number of nitrogens with zero attached hydrogens (tertiary/aromatic N) is 8. The molecule has 268 valence electrons. The molecule has 4 heterocycles. The largest absolute Gasteiger partial charge is 0.491 e. The van der Waals surface area contributed by atoms with Gasteiger partial charge in [-0.05, 0) is 74.0 Å². The molecular formula is C36H40F2N8O5. The van der Waals surface area contributed by atoms with Crippen molar-refractivity contribution >= 4 is 11.4 Å². The number of ether oxygens (including phenoxy) is 3. The van der Waals surface area contributed by atoms with Gasteiger partial charge in [-0.1, -0.05) is 6.92 Å². The van der Waals surface area contributed by atoms with Gasteiger partial charge in [0.1, 0.15) is 55.6 Å². The molecule has 7 rings (SSSR count). The van der Waals surface area contributed by atoms with Gasteiger partial charge in [-0.3, -0.25) is 0 Å². The molecule has 0 spiro atoms. The van der Waals surface area contributed by atoms with Crippen molar-refractivity contribution < 1.29 is 28.1 Å². The monoisotopic (exact) mass is 702 g/mol. The van der Waals surface area contributed by atoms with Crippen LogP contribution in [0.5, 0.6) is 5.75 Å². The molecule has 2 fully saturated rings. The third kappa shape index (κ3) is 7.22. The number of piperazine rings is 1. The summed E-state index contributed by atoms with van der Waals surface area (Å²) in [6.45, 7) is 7.22. The summed E-state index contributed by atoms with van der Waals surface area (Å²) < 4.78 is 51.2. The predicted molar refractivity (Wildman–Crippen MR) is 184 cm³/mol. The average molecular weight is 703 g/mol. The highest BCUT2D eigenvalue weighted by Gasteiger charge is 2.46. The Balaban J connectivity index is 0.923. The van der Waals surface area contributed by atoms with Crippen LogP contribution in [0.15, 0.2) is 90.5 Å². The molecule has 0 aliphatic carbocycles. The van der Waals surface area contributed by atoms with Gasteiger partial charge in [-0.2, -0.15) is 10.2 Å². The maximum Gasteiger partial charge on any atom is 0.350 e. The summed E-state index contributed by atoms with van der Waals surface area (Å²) >= 11 is 0. The number of halogens is 2. The van der Waals surface area contributed by atoms with Crippen LogP contribution in [-0.2, 0) is 21.8 Å². The first-order chi connectivity index (χ1) is 24.7. The normalized spacial score (nSPS) is 20.5. The van der Waals surface area contributed by atoms with Crippen molar-refractivity contribution in [3.05, 3.63) is 113 Å². The predicted octanol–water partition coefficient (Wildman–Crippen LogP) is 3.91. The SMILES string of the molecule is CCC([C@H](C)O)n1ncn(-c2ccc(N3CCN(c4ccc(OC[C@@H]5CO[C@@](Cn6cncn6)(c6ccc(F)cc6F)O5)cc4)CC3)cc2)c1=O. The zero-order valence-electron chi connectivity index (χ0n) is 28.4. The Hall–Kier alpha value is -5.12. The number of aromatic nitrogens is 6. The summed E-state index contributed by atoms with van der Waals surface area (Å²) in [5, 5.41) is 18.4. The summed E-state index contributed by atoms with van der Waals surface area (Å²) in [5.41, 5.74) is 2.67. The van der Waals surface area contributed by atoms with Gasteiger partial charge in [0.2, 0.25) is 5.79 Å². The highest BCUT2D eigenvalue weighted by Crippen LogP contribution is 2.38. The van der Waals surface area contributed by atoms with Gasteiger partial charge in [0.25, 0.3) is 0 Å². The number of benzene rings is 3. The number of hydrogen-bond acceptors (Lipinski definition) is 10. The summed E-state index contributed by atoms with van der Waals surface area (Å²) in [6, 6.07) is 18.6. The summed E-state index contributed by atoms with van der Waals surface area (Å²) in [6.07, 6.45) is 3.74. The molecule has 2 saturated heterocycles. The minimum Gasteiger partial charge on any atom is -0.491 e. The highest BCUT2D eigenvalue weighted by molar-refractivity contribution is 5.54. The van der Waals surface area contributed by atoms with E-state index in [1.165, 1.54) is 45.0 Å². The molecule has 1 unspecified atom stereocenters. The third-order valence-electron chi connectivity index (χ3n) is 9.43. The van der Waals surface area contributed by atoms with E-state index in [-0.39, 0.29) is 37.1 Å². The van der Waals surface area contributed by atoms with Crippen molar-refractivity contribution in [3.63, 3.8) is 0 Å². The topological polar surface area (TPSA) is 125 Å². The second kappa shape index (κ2) is 14.6. The lowest BCUT2D eigenvalue weighted by atomic mass is 10.0. The van der Waals surface area contributed by atoms with E-state index in [2.05, 4.69) is 25.0 Å². The molecule has 0 bridgehead atoms. The van der Waals surface area contributed by atoms with Crippen molar-refractivity contribution in [3.8, 4) is 11.4 Å². The Morgan fingerprint density at radius 2 is 1.61 bits per heavy atom. The van der Waals surface area contributed by atoms with Crippen LogP contribution in [0.25, 0.3) is 5.69 Å². The fraction of sp³-hybridized carbons (Fsp3) is 0.389. The molecule has 2 aliphatic heterocycles. The van der Waals surface area contributed by atoms with Gasteiger partial charge in [0, 0.05) is 49.2 Å². The second-order valence-electron chi connectivity index (χ2n) is 12.8. The van der Waals surface area contributed by atoms with Gasteiger partial charge in [-0.15, -0.1) is 0 Å². The first-order valence-corrected chi connectivity index (χ1v) is 17.0. The van der Waals surface area contributed by atoms with Crippen LogP contribution < -0.4 is 20.2 Å². The molecule has 5 aromatic rings. The summed E-state index contributed by atoms with van der Waals surface area (Å²) in [5.74, 6) is -2.33. The minimum absolute atomic E-state index is 0.0259.